The van der Waals surface area contributed by atoms with E-state index in [1.54, 1.807) is 6.92 Å². The van der Waals surface area contributed by atoms with Crippen molar-refractivity contribution < 1.29 is 19.4 Å². The molecule has 3 N–H and O–H groups in total. The Morgan fingerprint density at radius 3 is 2.54 bits per heavy atom. The van der Waals surface area contributed by atoms with Gasteiger partial charge in [-0.15, -0.1) is 0 Å². The van der Waals surface area contributed by atoms with Crippen LogP contribution in [0, 0.1) is 0 Å². The van der Waals surface area contributed by atoms with E-state index in [1.807, 2.05) is 19.1 Å². The standard InChI is InChI=1S/C20H28N2O4/c1-3-14(2)26-20(25)13-18(12-19(23)24)22-17-6-4-15(5-7-17)16-8-10-21-11-9-16/h4-7,13-14,16,21-22H,3,8-12H2,1-2H3,(H,23,24). The van der Waals surface area contributed by atoms with Crippen LogP contribution in [-0.2, 0) is 14.3 Å². The number of nitrogens with one attached hydrogen (secondary N) is 2. The Balaban J connectivity index is 2.04. The van der Waals surface area contributed by atoms with E-state index < -0.39 is 11.9 Å². The van der Waals surface area contributed by atoms with Gasteiger partial charge in [0.05, 0.1) is 12.5 Å². The van der Waals surface area contributed by atoms with E-state index in [0.29, 0.717) is 18.0 Å². The van der Waals surface area contributed by atoms with E-state index in [2.05, 4.69) is 22.8 Å². The summed E-state index contributed by atoms with van der Waals surface area (Å²) in [5.74, 6) is -0.981. The third-order valence-electron chi connectivity index (χ3n) is 4.55. The molecule has 0 spiro atoms. The molecule has 0 aromatic heterocycles. The zero-order chi connectivity index (χ0) is 18.9. The fourth-order valence-corrected chi connectivity index (χ4v) is 2.93. The monoisotopic (exact) mass is 360 g/mol. The Kier molecular flexibility index (Phi) is 7.66. The number of ether oxygens (including phenoxy) is 1. The second-order valence-electron chi connectivity index (χ2n) is 6.67. The number of anilines is 1. The number of carboxylic acids is 1. The van der Waals surface area contributed by atoms with Crippen molar-refractivity contribution in [3.63, 3.8) is 0 Å². The van der Waals surface area contributed by atoms with Crippen molar-refractivity contribution in [3.05, 3.63) is 41.6 Å². The van der Waals surface area contributed by atoms with Crippen LogP contribution in [0.25, 0.3) is 0 Å². The van der Waals surface area contributed by atoms with Crippen molar-refractivity contribution in [1.29, 1.82) is 0 Å². The van der Waals surface area contributed by atoms with E-state index >= 15 is 0 Å². The van der Waals surface area contributed by atoms with Crippen molar-refractivity contribution in [2.24, 2.45) is 0 Å². The Labute approximate surface area is 154 Å². The Hall–Kier alpha value is -2.34. The Morgan fingerprint density at radius 2 is 1.96 bits per heavy atom. The topological polar surface area (TPSA) is 87.7 Å². The van der Waals surface area contributed by atoms with Crippen molar-refractivity contribution in [2.75, 3.05) is 18.4 Å². The molecule has 1 heterocycles. The predicted molar refractivity (Wildman–Crippen MR) is 101 cm³/mol. The molecule has 2 rings (SSSR count). The number of carbonyl (C=O) groups is 2. The number of aliphatic carboxylic acids is 1. The molecule has 0 radical (unpaired) electrons. The number of carbonyl (C=O) groups excluding carboxylic acids is 1. The summed E-state index contributed by atoms with van der Waals surface area (Å²) >= 11 is 0. The number of rotatable bonds is 8. The van der Waals surface area contributed by atoms with Gasteiger partial charge in [0, 0.05) is 17.5 Å². The first-order valence-corrected chi connectivity index (χ1v) is 9.18. The Morgan fingerprint density at radius 1 is 1.31 bits per heavy atom. The first kappa shape index (κ1) is 20.0. The van der Waals surface area contributed by atoms with Crippen LogP contribution in [0.3, 0.4) is 0 Å². The van der Waals surface area contributed by atoms with E-state index in [0.717, 1.165) is 31.6 Å². The summed E-state index contributed by atoms with van der Waals surface area (Å²) in [5, 5.41) is 15.5. The van der Waals surface area contributed by atoms with Crippen LogP contribution in [0.15, 0.2) is 36.0 Å². The molecule has 1 atom stereocenters. The van der Waals surface area contributed by atoms with Crippen molar-refractivity contribution in [1.82, 2.24) is 5.32 Å². The highest BCUT2D eigenvalue weighted by atomic mass is 16.5. The molecule has 26 heavy (non-hydrogen) atoms. The lowest BCUT2D eigenvalue weighted by molar-refractivity contribution is -0.142. The van der Waals surface area contributed by atoms with Gasteiger partial charge in [-0.2, -0.15) is 0 Å². The van der Waals surface area contributed by atoms with Gasteiger partial charge in [-0.1, -0.05) is 19.1 Å². The van der Waals surface area contributed by atoms with Gasteiger partial charge in [-0.3, -0.25) is 4.79 Å². The summed E-state index contributed by atoms with van der Waals surface area (Å²) in [6.45, 7) is 5.79. The molecule has 1 saturated heterocycles. The fraction of sp³-hybridized carbons (Fsp3) is 0.500. The van der Waals surface area contributed by atoms with E-state index in [4.69, 9.17) is 9.84 Å². The molecule has 1 aliphatic heterocycles. The first-order valence-electron chi connectivity index (χ1n) is 9.18. The van der Waals surface area contributed by atoms with E-state index in [1.165, 1.54) is 11.6 Å². The second kappa shape index (κ2) is 9.97. The summed E-state index contributed by atoms with van der Waals surface area (Å²) in [6.07, 6.45) is 3.71. The van der Waals surface area contributed by atoms with Gasteiger partial charge >= 0.3 is 11.9 Å². The van der Waals surface area contributed by atoms with Crippen molar-refractivity contribution in [2.45, 2.75) is 51.6 Å². The summed E-state index contributed by atoms with van der Waals surface area (Å²) in [5.41, 5.74) is 2.35. The van der Waals surface area contributed by atoms with Crippen LogP contribution in [-0.4, -0.2) is 36.2 Å². The van der Waals surface area contributed by atoms with Crippen LogP contribution in [0.5, 0.6) is 0 Å². The number of hydrogen-bond acceptors (Lipinski definition) is 5. The molecule has 1 unspecified atom stereocenters. The van der Waals surface area contributed by atoms with Crippen LogP contribution >= 0.6 is 0 Å². The van der Waals surface area contributed by atoms with Crippen LogP contribution in [0.2, 0.25) is 0 Å². The number of carboxylic acid groups (broad SMARTS) is 1. The maximum atomic E-state index is 11.9. The highest BCUT2D eigenvalue weighted by Crippen LogP contribution is 2.26. The second-order valence-corrected chi connectivity index (χ2v) is 6.67. The molecule has 0 amide bonds. The van der Waals surface area contributed by atoms with Crippen molar-refractivity contribution >= 4 is 17.6 Å². The molecule has 1 aliphatic rings. The smallest absolute Gasteiger partial charge is 0.332 e. The zero-order valence-electron chi connectivity index (χ0n) is 15.5. The van der Waals surface area contributed by atoms with Gasteiger partial charge in [0.25, 0.3) is 0 Å². The van der Waals surface area contributed by atoms with E-state index in [9.17, 15) is 9.59 Å². The minimum absolute atomic E-state index is 0.200. The Bertz CT molecular complexity index is 634. The molecule has 1 fully saturated rings. The number of esters is 1. The number of hydrogen-bond donors (Lipinski definition) is 3. The lowest BCUT2D eigenvalue weighted by Gasteiger charge is -2.23. The third-order valence-corrected chi connectivity index (χ3v) is 4.55. The summed E-state index contributed by atoms with van der Waals surface area (Å²) in [7, 11) is 0. The largest absolute Gasteiger partial charge is 0.481 e. The highest BCUT2D eigenvalue weighted by Gasteiger charge is 2.15. The fourth-order valence-electron chi connectivity index (χ4n) is 2.93. The van der Waals surface area contributed by atoms with Gasteiger partial charge in [0.2, 0.25) is 0 Å². The minimum atomic E-state index is -1.01. The van der Waals surface area contributed by atoms with Gasteiger partial charge in [0.1, 0.15) is 0 Å². The van der Waals surface area contributed by atoms with Gasteiger partial charge < -0.3 is 20.5 Å². The predicted octanol–water partition coefficient (Wildman–Crippen LogP) is 3.27. The summed E-state index contributed by atoms with van der Waals surface area (Å²) in [4.78, 5) is 23.0. The highest BCUT2D eigenvalue weighted by molar-refractivity contribution is 5.85. The van der Waals surface area contributed by atoms with Crippen molar-refractivity contribution in [3.8, 4) is 0 Å². The number of benzene rings is 1. The maximum Gasteiger partial charge on any atom is 0.332 e. The SMILES string of the molecule is CCC(C)OC(=O)C=C(CC(=O)O)Nc1ccc(C2CCNCC2)cc1. The van der Waals surface area contributed by atoms with Gasteiger partial charge in [-0.05, 0) is 62.9 Å². The molecular formula is C20H28N2O4. The first-order chi connectivity index (χ1) is 12.5. The molecule has 0 bridgehead atoms. The molecule has 6 heteroatoms. The lowest BCUT2D eigenvalue weighted by atomic mass is 9.90. The lowest BCUT2D eigenvalue weighted by Crippen LogP contribution is -2.26. The van der Waals surface area contributed by atoms with Gasteiger partial charge in [0.15, 0.2) is 0 Å². The van der Waals surface area contributed by atoms with Gasteiger partial charge in [-0.25, -0.2) is 4.79 Å². The average Bonchev–Trinajstić information content (AvgIpc) is 2.62. The van der Waals surface area contributed by atoms with E-state index in [-0.39, 0.29) is 12.5 Å². The zero-order valence-corrected chi connectivity index (χ0v) is 15.5. The number of piperidine rings is 1. The third kappa shape index (κ3) is 6.52. The molecule has 6 nitrogen and oxygen atoms in total. The summed E-state index contributed by atoms with van der Waals surface area (Å²) in [6, 6.07) is 7.97. The maximum absolute atomic E-state index is 11.9. The molecule has 1 aromatic carbocycles. The molecule has 1 aromatic rings. The normalized spacial score (nSPS) is 16.8. The van der Waals surface area contributed by atoms with Crippen LogP contribution in [0.1, 0.15) is 51.0 Å². The minimum Gasteiger partial charge on any atom is -0.481 e. The molecule has 0 saturated carbocycles. The molecular weight excluding hydrogens is 332 g/mol. The molecule has 0 aliphatic carbocycles. The average molecular weight is 360 g/mol. The van der Waals surface area contributed by atoms with Crippen LogP contribution < -0.4 is 10.6 Å². The molecule has 142 valence electrons. The quantitative estimate of drug-likeness (QED) is 0.487. The van der Waals surface area contributed by atoms with Crippen LogP contribution in [0.4, 0.5) is 5.69 Å². The summed E-state index contributed by atoms with van der Waals surface area (Å²) < 4.78 is 5.19.